The minimum Gasteiger partial charge on any atom is -0.496 e. The number of carbonyl (C=O) groups is 3. The number of urea groups is 1. The van der Waals surface area contributed by atoms with Crippen molar-refractivity contribution >= 4 is 56.8 Å². The second-order valence-corrected chi connectivity index (χ2v) is 15.3. The van der Waals surface area contributed by atoms with Gasteiger partial charge in [0.1, 0.15) is 5.75 Å². The first-order chi connectivity index (χ1) is 26.8. The van der Waals surface area contributed by atoms with Crippen LogP contribution in [0, 0.1) is 5.92 Å². The first-order valence-corrected chi connectivity index (χ1v) is 19.4. The monoisotopic (exact) mass is 742 g/mol. The van der Waals surface area contributed by atoms with Crippen LogP contribution in [0.2, 0.25) is 0 Å². The number of hydrogen-bond donors (Lipinski definition) is 2. The fourth-order valence-corrected chi connectivity index (χ4v) is 8.95. The quantitative estimate of drug-likeness (QED) is 0.176. The number of imidazole rings is 1. The van der Waals surface area contributed by atoms with Gasteiger partial charge in [-0.25, -0.2) is 9.78 Å². The lowest BCUT2D eigenvalue weighted by atomic mass is 9.84. The molecule has 2 aromatic carbocycles. The number of methoxy groups -OCH3 is 1. The van der Waals surface area contributed by atoms with Crippen LogP contribution in [-0.4, -0.2) is 85.0 Å². The molecule has 1 saturated carbocycles. The second-order valence-electron chi connectivity index (χ2n) is 15.3. The lowest BCUT2D eigenvalue weighted by Gasteiger charge is -2.34. The summed E-state index contributed by atoms with van der Waals surface area (Å²) in [5.74, 6) is 1.68. The van der Waals surface area contributed by atoms with E-state index in [0.29, 0.717) is 47.7 Å². The number of fused-ring (bicyclic) bond motifs is 3. The highest BCUT2D eigenvalue weighted by atomic mass is 16.5. The Morgan fingerprint density at radius 1 is 0.982 bits per heavy atom. The topological polar surface area (TPSA) is 144 Å². The fourth-order valence-electron chi connectivity index (χ4n) is 8.95. The molecule has 14 nitrogen and oxygen atoms in total. The van der Waals surface area contributed by atoms with E-state index in [1.165, 1.54) is 30.5 Å². The molecule has 4 aromatic heterocycles. The van der Waals surface area contributed by atoms with Crippen LogP contribution < -0.4 is 20.3 Å². The van der Waals surface area contributed by atoms with Gasteiger partial charge in [0.25, 0.3) is 5.91 Å². The molecule has 4 amide bonds. The van der Waals surface area contributed by atoms with E-state index in [0.717, 1.165) is 73.2 Å². The molecule has 3 fully saturated rings. The van der Waals surface area contributed by atoms with Crippen LogP contribution in [0.3, 0.4) is 0 Å². The largest absolute Gasteiger partial charge is 0.496 e. The smallest absolute Gasteiger partial charge is 0.328 e. The summed E-state index contributed by atoms with van der Waals surface area (Å²) < 4.78 is 11.6. The minimum absolute atomic E-state index is 0.218. The Morgan fingerprint density at radius 3 is 2.62 bits per heavy atom. The highest BCUT2D eigenvalue weighted by molar-refractivity contribution is 6.08. The number of ether oxygens (including phenoxy) is 1. The number of amides is 4. The van der Waals surface area contributed by atoms with E-state index < -0.39 is 0 Å². The number of likely N-dealkylation sites (tertiary alicyclic amines) is 1. The molecule has 6 aromatic rings. The third kappa shape index (κ3) is 6.79. The van der Waals surface area contributed by atoms with Crippen LogP contribution in [0.15, 0.2) is 67.1 Å². The van der Waals surface area contributed by atoms with Gasteiger partial charge in [-0.05, 0) is 113 Å². The molecule has 2 N–H and O–H groups in total. The lowest BCUT2D eigenvalue weighted by Crippen LogP contribution is -2.49. The number of hydrogen-bond acceptors (Lipinski definition) is 8. The molecule has 0 bridgehead atoms. The van der Waals surface area contributed by atoms with Gasteiger partial charge in [-0.2, -0.15) is 14.7 Å². The van der Waals surface area contributed by atoms with E-state index in [1.54, 1.807) is 35.0 Å². The third-order valence-electron chi connectivity index (χ3n) is 12.1. The van der Waals surface area contributed by atoms with Crippen LogP contribution in [0.5, 0.6) is 5.75 Å². The summed E-state index contributed by atoms with van der Waals surface area (Å²) in [4.78, 5) is 46.0. The molecule has 3 aliphatic rings. The second kappa shape index (κ2) is 14.5. The van der Waals surface area contributed by atoms with Crippen molar-refractivity contribution in [3.63, 3.8) is 0 Å². The van der Waals surface area contributed by atoms with Crippen molar-refractivity contribution in [3.05, 3.63) is 78.4 Å². The predicted molar refractivity (Wildman–Crippen MR) is 210 cm³/mol. The molecule has 0 spiro atoms. The predicted octanol–water partition coefficient (Wildman–Crippen LogP) is 6.28. The Bertz CT molecular complexity index is 2410. The van der Waals surface area contributed by atoms with Crippen LogP contribution in [0.1, 0.15) is 79.4 Å². The first kappa shape index (κ1) is 35.0. The summed E-state index contributed by atoms with van der Waals surface area (Å²) in [6.07, 6.45) is 13.7. The van der Waals surface area contributed by atoms with Crippen LogP contribution in [0.4, 0.5) is 16.3 Å². The summed E-state index contributed by atoms with van der Waals surface area (Å²) in [5, 5.41) is 16.6. The molecule has 0 radical (unpaired) electrons. The van der Waals surface area contributed by atoms with Gasteiger partial charge in [0.2, 0.25) is 5.91 Å². The number of aryl methyl sites for hydroxylation is 1. The van der Waals surface area contributed by atoms with E-state index in [9.17, 15) is 14.4 Å². The van der Waals surface area contributed by atoms with Crippen molar-refractivity contribution in [2.75, 3.05) is 43.5 Å². The van der Waals surface area contributed by atoms with E-state index in [2.05, 4.69) is 66.3 Å². The van der Waals surface area contributed by atoms with Gasteiger partial charge >= 0.3 is 6.03 Å². The molecular weight excluding hydrogens is 697 g/mol. The van der Waals surface area contributed by atoms with Crippen molar-refractivity contribution in [3.8, 4) is 5.75 Å². The fraction of sp³-hybridized carbons (Fsp3) is 0.415. The summed E-state index contributed by atoms with van der Waals surface area (Å²) >= 11 is 0. The maximum absolute atomic E-state index is 13.4. The number of carbonyl (C=O) groups excluding carboxylic acids is 3. The van der Waals surface area contributed by atoms with E-state index in [4.69, 9.17) is 9.84 Å². The number of anilines is 2. The highest BCUT2D eigenvalue weighted by Crippen LogP contribution is 2.37. The number of imide groups is 1. The van der Waals surface area contributed by atoms with Crippen molar-refractivity contribution in [2.24, 2.45) is 13.0 Å². The van der Waals surface area contributed by atoms with Gasteiger partial charge in [0.05, 0.1) is 30.4 Å². The van der Waals surface area contributed by atoms with E-state index in [-0.39, 0.29) is 17.8 Å². The maximum atomic E-state index is 13.4. The number of piperidine rings is 1. The molecular formula is C41H46N10O4. The molecule has 2 saturated heterocycles. The highest BCUT2D eigenvalue weighted by Gasteiger charge is 2.28. The Morgan fingerprint density at radius 2 is 1.82 bits per heavy atom. The van der Waals surface area contributed by atoms with Crippen molar-refractivity contribution in [2.45, 2.75) is 63.3 Å². The van der Waals surface area contributed by atoms with Crippen LogP contribution in [-0.2, 0) is 11.8 Å². The van der Waals surface area contributed by atoms with E-state index in [1.807, 2.05) is 24.3 Å². The zero-order chi connectivity index (χ0) is 37.6. The maximum Gasteiger partial charge on any atom is 0.328 e. The summed E-state index contributed by atoms with van der Waals surface area (Å²) in [7, 11) is 3.72. The Labute approximate surface area is 318 Å². The Kier molecular flexibility index (Phi) is 9.20. The average Bonchev–Trinajstić information content (AvgIpc) is 3.91. The van der Waals surface area contributed by atoms with Gasteiger partial charge < -0.3 is 19.5 Å². The molecule has 284 valence electrons. The van der Waals surface area contributed by atoms with Gasteiger partial charge in [-0.3, -0.25) is 24.5 Å². The van der Waals surface area contributed by atoms with E-state index >= 15 is 0 Å². The van der Waals surface area contributed by atoms with Crippen molar-refractivity contribution < 1.29 is 19.1 Å². The number of aromatic nitrogens is 6. The van der Waals surface area contributed by atoms with Crippen LogP contribution >= 0.6 is 0 Å². The first-order valence-electron chi connectivity index (χ1n) is 19.4. The number of nitrogens with one attached hydrogen (secondary N) is 2. The Balaban J connectivity index is 0.772. The minimum atomic E-state index is -0.349. The third-order valence-corrected chi connectivity index (χ3v) is 12.1. The molecule has 1 aliphatic carbocycles. The molecule has 0 unspecified atom stereocenters. The molecule has 2 aliphatic heterocycles. The normalized spacial score (nSPS) is 20.1. The van der Waals surface area contributed by atoms with Crippen molar-refractivity contribution in [1.29, 1.82) is 0 Å². The van der Waals surface area contributed by atoms with Gasteiger partial charge in [-0.15, -0.1) is 0 Å². The zero-order valence-electron chi connectivity index (χ0n) is 31.3. The van der Waals surface area contributed by atoms with Crippen molar-refractivity contribution in [1.82, 2.24) is 39.2 Å². The van der Waals surface area contributed by atoms with Crippen LogP contribution in [0.25, 0.3) is 27.5 Å². The number of rotatable bonds is 9. The molecule has 0 atom stereocenters. The van der Waals surface area contributed by atoms with Gasteiger partial charge in [0.15, 0.2) is 11.5 Å². The summed E-state index contributed by atoms with van der Waals surface area (Å²) in [6.45, 7) is 3.76. The SMILES string of the molecule is COc1cc2nn(C3CCC(CCN4CCC(c5cc6cc(N7CCC(=O)NC7=O)ccc6n5C)CC4)CC3)cc2cc1C(=O)Nc1cnc2cccnn12. The summed E-state index contributed by atoms with van der Waals surface area (Å²) in [6, 6.07) is 15.8. The zero-order valence-corrected chi connectivity index (χ0v) is 31.3. The standard InChI is InChI=1S/C41H46N10O4/c1-47-34-10-9-31(49-19-14-39(52)45-41(49)54)20-28(34)22-35(47)27-12-17-48(18-13-27)16-11-26-5-7-30(8-6-26)50-25-29-21-32(36(55-2)23-33(29)46-50)40(53)44-38-24-42-37-4-3-15-43-51(37)38/h3-4,9-10,15,20-27,30H,5-8,11-14,16-19H2,1-2H3,(H,44,53)(H,45,52,54). The average molecular weight is 743 g/mol. The summed E-state index contributed by atoms with van der Waals surface area (Å²) in [5.41, 5.74) is 5.25. The molecule has 9 rings (SSSR count). The number of benzene rings is 2. The Hall–Kier alpha value is -5.76. The van der Waals surface area contributed by atoms with Gasteiger partial charge in [0, 0.05) is 72.1 Å². The molecule has 55 heavy (non-hydrogen) atoms. The lowest BCUT2D eigenvalue weighted by molar-refractivity contribution is -0.120. The number of nitrogens with zero attached hydrogens (tertiary/aromatic N) is 8. The van der Waals surface area contributed by atoms with Gasteiger partial charge in [-0.1, -0.05) is 0 Å². The molecule has 14 heteroatoms. The molecule has 6 heterocycles.